The summed E-state index contributed by atoms with van der Waals surface area (Å²) in [6, 6.07) is 1.48. The van der Waals surface area contributed by atoms with E-state index in [1.807, 2.05) is 0 Å². The van der Waals surface area contributed by atoms with E-state index >= 15 is 0 Å². The molecule has 0 unspecified atom stereocenters. The molecule has 0 bridgehead atoms. The number of anilines is 2. The van der Waals surface area contributed by atoms with E-state index in [9.17, 15) is 9.59 Å². The van der Waals surface area contributed by atoms with Crippen LogP contribution in [0, 0.1) is 0 Å². The van der Waals surface area contributed by atoms with Crippen LogP contribution in [0.5, 0.6) is 0 Å². The molecule has 1 aliphatic heterocycles. The summed E-state index contributed by atoms with van der Waals surface area (Å²) in [4.78, 5) is 28.7. The molecule has 96 valence electrons. The number of primary amides is 1. The average Bonchev–Trinajstić information content (AvgIpc) is 2.53. The van der Waals surface area contributed by atoms with Crippen molar-refractivity contribution in [3.63, 3.8) is 0 Å². The molecule has 7 nitrogen and oxygen atoms in total. The Morgan fingerprint density at radius 1 is 1.50 bits per heavy atom. The Bertz CT molecular complexity index is 488. The normalized spacial score (nSPS) is 16.0. The number of amides is 2. The standard InChI is InChI=1S/C11H15N5O2/c12-7-4-8(10(13)18)11(15-5-7)16-3-1-2-14-9(17)6-16/h4-5H,1-3,6,12H2,(H2,13,18)(H,14,17). The van der Waals surface area contributed by atoms with Gasteiger partial charge in [-0.05, 0) is 12.5 Å². The molecule has 1 aromatic heterocycles. The summed E-state index contributed by atoms with van der Waals surface area (Å²) in [7, 11) is 0. The molecule has 0 atom stereocenters. The Hall–Kier alpha value is -2.31. The van der Waals surface area contributed by atoms with E-state index in [2.05, 4.69) is 10.3 Å². The third kappa shape index (κ3) is 2.50. The van der Waals surface area contributed by atoms with Gasteiger partial charge in [0.1, 0.15) is 5.82 Å². The molecule has 2 rings (SSSR count). The first kappa shape index (κ1) is 12.2. The van der Waals surface area contributed by atoms with Crippen LogP contribution in [0.15, 0.2) is 12.3 Å². The van der Waals surface area contributed by atoms with Crippen molar-refractivity contribution in [2.75, 3.05) is 30.3 Å². The van der Waals surface area contributed by atoms with E-state index in [1.54, 1.807) is 4.90 Å². The van der Waals surface area contributed by atoms with Crippen LogP contribution >= 0.6 is 0 Å². The molecule has 0 aliphatic carbocycles. The van der Waals surface area contributed by atoms with Crippen LogP contribution in [0.3, 0.4) is 0 Å². The lowest BCUT2D eigenvalue weighted by atomic mass is 10.2. The van der Waals surface area contributed by atoms with Gasteiger partial charge in [-0.2, -0.15) is 0 Å². The predicted molar refractivity (Wildman–Crippen MR) is 67.0 cm³/mol. The minimum atomic E-state index is -0.602. The monoisotopic (exact) mass is 249 g/mol. The fourth-order valence-electron chi connectivity index (χ4n) is 1.89. The largest absolute Gasteiger partial charge is 0.397 e. The number of nitrogen functional groups attached to an aromatic ring is 1. The van der Waals surface area contributed by atoms with Crippen LogP contribution in [0.1, 0.15) is 16.8 Å². The maximum atomic E-state index is 11.5. The number of rotatable bonds is 2. The van der Waals surface area contributed by atoms with E-state index in [0.717, 1.165) is 6.42 Å². The van der Waals surface area contributed by atoms with Crippen molar-refractivity contribution in [2.45, 2.75) is 6.42 Å². The molecule has 1 saturated heterocycles. The highest BCUT2D eigenvalue weighted by molar-refractivity contribution is 5.99. The molecule has 0 saturated carbocycles. The van der Waals surface area contributed by atoms with Crippen molar-refractivity contribution in [1.82, 2.24) is 10.3 Å². The summed E-state index contributed by atoms with van der Waals surface area (Å²) in [6.07, 6.45) is 2.24. The van der Waals surface area contributed by atoms with E-state index in [4.69, 9.17) is 11.5 Å². The lowest BCUT2D eigenvalue weighted by Gasteiger charge is -2.22. The molecule has 1 aliphatic rings. The quantitative estimate of drug-likeness (QED) is 0.627. The van der Waals surface area contributed by atoms with E-state index in [1.165, 1.54) is 12.3 Å². The van der Waals surface area contributed by atoms with Gasteiger partial charge in [0, 0.05) is 13.1 Å². The number of pyridine rings is 1. The van der Waals surface area contributed by atoms with Gasteiger partial charge in [0.2, 0.25) is 5.91 Å². The Morgan fingerprint density at radius 2 is 2.28 bits per heavy atom. The highest BCUT2D eigenvalue weighted by Crippen LogP contribution is 2.20. The van der Waals surface area contributed by atoms with Crippen molar-refractivity contribution in [3.8, 4) is 0 Å². The molecule has 0 radical (unpaired) electrons. The van der Waals surface area contributed by atoms with Crippen molar-refractivity contribution >= 4 is 23.3 Å². The van der Waals surface area contributed by atoms with Gasteiger partial charge in [-0.3, -0.25) is 9.59 Å². The van der Waals surface area contributed by atoms with Crippen LogP contribution in [0.4, 0.5) is 11.5 Å². The lowest BCUT2D eigenvalue weighted by molar-refractivity contribution is -0.119. The summed E-state index contributed by atoms with van der Waals surface area (Å²) in [6.45, 7) is 1.42. The van der Waals surface area contributed by atoms with Gasteiger partial charge in [0.15, 0.2) is 0 Å². The third-order valence-corrected chi connectivity index (χ3v) is 2.71. The summed E-state index contributed by atoms with van der Waals surface area (Å²) in [5, 5.41) is 2.76. The fourth-order valence-corrected chi connectivity index (χ4v) is 1.89. The zero-order valence-corrected chi connectivity index (χ0v) is 9.85. The summed E-state index contributed by atoms with van der Waals surface area (Å²) < 4.78 is 0. The van der Waals surface area contributed by atoms with E-state index in [-0.39, 0.29) is 18.0 Å². The average molecular weight is 249 g/mol. The van der Waals surface area contributed by atoms with Crippen LogP contribution in [-0.4, -0.2) is 36.4 Å². The van der Waals surface area contributed by atoms with E-state index in [0.29, 0.717) is 24.6 Å². The zero-order chi connectivity index (χ0) is 13.1. The van der Waals surface area contributed by atoms with Crippen LogP contribution in [-0.2, 0) is 4.79 Å². The van der Waals surface area contributed by atoms with Gasteiger partial charge in [-0.1, -0.05) is 0 Å². The highest BCUT2D eigenvalue weighted by atomic mass is 16.2. The minimum absolute atomic E-state index is 0.0958. The zero-order valence-electron chi connectivity index (χ0n) is 9.85. The molecule has 2 amide bonds. The highest BCUT2D eigenvalue weighted by Gasteiger charge is 2.21. The first-order valence-corrected chi connectivity index (χ1v) is 5.65. The maximum Gasteiger partial charge on any atom is 0.252 e. The Kier molecular flexibility index (Phi) is 3.31. The van der Waals surface area contributed by atoms with Crippen molar-refractivity contribution in [1.29, 1.82) is 0 Å². The molecule has 0 aromatic carbocycles. The van der Waals surface area contributed by atoms with Crippen LogP contribution in [0.25, 0.3) is 0 Å². The Morgan fingerprint density at radius 3 is 3.00 bits per heavy atom. The van der Waals surface area contributed by atoms with Gasteiger partial charge in [0.05, 0.1) is 24.0 Å². The first-order chi connectivity index (χ1) is 8.58. The molecule has 1 fully saturated rings. The second kappa shape index (κ2) is 4.91. The van der Waals surface area contributed by atoms with Gasteiger partial charge in [-0.15, -0.1) is 0 Å². The molecule has 18 heavy (non-hydrogen) atoms. The third-order valence-electron chi connectivity index (χ3n) is 2.71. The molecule has 0 spiro atoms. The molecule has 5 N–H and O–H groups in total. The number of nitrogens with one attached hydrogen (secondary N) is 1. The molecular formula is C11H15N5O2. The second-order valence-electron chi connectivity index (χ2n) is 4.13. The maximum absolute atomic E-state index is 11.5. The summed E-state index contributed by atoms with van der Waals surface area (Å²) in [5.41, 5.74) is 11.5. The smallest absolute Gasteiger partial charge is 0.252 e. The number of aromatic nitrogens is 1. The van der Waals surface area contributed by atoms with Gasteiger partial charge >= 0.3 is 0 Å². The topological polar surface area (TPSA) is 114 Å². The predicted octanol–water partition coefficient (Wildman–Crippen LogP) is -0.911. The molecule has 2 heterocycles. The van der Waals surface area contributed by atoms with Crippen molar-refractivity contribution < 1.29 is 9.59 Å². The fraction of sp³-hybridized carbons (Fsp3) is 0.364. The summed E-state index contributed by atoms with van der Waals surface area (Å²) >= 11 is 0. The number of hydrogen-bond donors (Lipinski definition) is 3. The van der Waals surface area contributed by atoms with E-state index < -0.39 is 5.91 Å². The Labute approximate surface area is 104 Å². The lowest BCUT2D eigenvalue weighted by Crippen LogP contribution is -2.35. The Balaban J connectivity index is 2.36. The van der Waals surface area contributed by atoms with Gasteiger partial charge in [0.25, 0.3) is 5.91 Å². The SMILES string of the molecule is NC(=O)c1cc(N)cnc1N1CCCNC(=O)C1. The number of carbonyl (C=O) groups is 2. The van der Waals surface area contributed by atoms with Crippen molar-refractivity contribution in [3.05, 3.63) is 17.8 Å². The van der Waals surface area contributed by atoms with Crippen LogP contribution < -0.4 is 21.7 Å². The molecule has 7 heteroatoms. The second-order valence-corrected chi connectivity index (χ2v) is 4.13. The van der Waals surface area contributed by atoms with Crippen LogP contribution in [0.2, 0.25) is 0 Å². The van der Waals surface area contributed by atoms with Gasteiger partial charge in [-0.25, -0.2) is 4.98 Å². The number of hydrogen-bond acceptors (Lipinski definition) is 5. The van der Waals surface area contributed by atoms with Crippen molar-refractivity contribution in [2.24, 2.45) is 5.73 Å². The van der Waals surface area contributed by atoms with Gasteiger partial charge < -0.3 is 21.7 Å². The molecular weight excluding hydrogens is 234 g/mol. The first-order valence-electron chi connectivity index (χ1n) is 5.65. The number of carbonyl (C=O) groups excluding carboxylic acids is 2. The number of nitrogens with zero attached hydrogens (tertiary/aromatic N) is 2. The molecule has 1 aromatic rings. The summed E-state index contributed by atoms with van der Waals surface area (Å²) in [5.74, 6) is -0.287. The minimum Gasteiger partial charge on any atom is -0.397 e. The number of nitrogens with two attached hydrogens (primary N) is 2.